The van der Waals surface area contributed by atoms with E-state index >= 15 is 0 Å². The standard InChI is InChI=1S/C17H18N2O/c20-17-8-7-15-14(5-2-6-16(15)17)13-9-18-19(11-13)10-12-3-1-4-12/h2,5-6,9,11-12H,1,3-4,7-8,10H2. The monoisotopic (exact) mass is 266 g/mol. The number of nitrogens with zero attached hydrogens (tertiary/aromatic N) is 2. The Morgan fingerprint density at radius 3 is 2.85 bits per heavy atom. The van der Waals surface area contributed by atoms with Crippen molar-refractivity contribution in [3.63, 3.8) is 0 Å². The molecular weight excluding hydrogens is 248 g/mol. The van der Waals surface area contributed by atoms with E-state index in [1.54, 1.807) is 0 Å². The summed E-state index contributed by atoms with van der Waals surface area (Å²) in [4.78, 5) is 11.8. The second-order valence-corrected chi connectivity index (χ2v) is 6.00. The van der Waals surface area contributed by atoms with E-state index in [4.69, 9.17) is 0 Å². The minimum absolute atomic E-state index is 0.281. The summed E-state index contributed by atoms with van der Waals surface area (Å²) in [5.74, 6) is 1.09. The van der Waals surface area contributed by atoms with E-state index in [0.29, 0.717) is 6.42 Å². The minimum Gasteiger partial charge on any atom is -0.294 e. The molecule has 0 unspecified atom stereocenters. The molecule has 3 nitrogen and oxygen atoms in total. The van der Waals surface area contributed by atoms with Gasteiger partial charge in [0.25, 0.3) is 0 Å². The van der Waals surface area contributed by atoms with Gasteiger partial charge in [0.2, 0.25) is 0 Å². The van der Waals surface area contributed by atoms with Crippen LogP contribution in [0.25, 0.3) is 11.1 Å². The van der Waals surface area contributed by atoms with Crippen molar-refractivity contribution in [2.45, 2.75) is 38.6 Å². The first-order valence-corrected chi connectivity index (χ1v) is 7.49. The molecule has 1 aromatic carbocycles. The summed E-state index contributed by atoms with van der Waals surface area (Å²) >= 11 is 0. The van der Waals surface area contributed by atoms with Crippen molar-refractivity contribution in [3.05, 3.63) is 41.7 Å². The highest BCUT2D eigenvalue weighted by Crippen LogP contribution is 2.33. The summed E-state index contributed by atoms with van der Waals surface area (Å²) in [5.41, 5.74) is 4.46. The Kier molecular flexibility index (Phi) is 2.72. The number of fused-ring (bicyclic) bond motifs is 1. The van der Waals surface area contributed by atoms with E-state index in [2.05, 4.69) is 22.0 Å². The Balaban J connectivity index is 1.66. The number of rotatable bonds is 3. The van der Waals surface area contributed by atoms with Gasteiger partial charge in [-0.2, -0.15) is 5.10 Å². The summed E-state index contributed by atoms with van der Waals surface area (Å²) in [6.07, 6.45) is 9.65. The molecule has 1 saturated carbocycles. The predicted molar refractivity (Wildman–Crippen MR) is 77.7 cm³/mol. The SMILES string of the molecule is O=C1CCc2c1cccc2-c1cnn(CC2CCC2)c1. The molecule has 2 aromatic rings. The number of ketones is 1. The van der Waals surface area contributed by atoms with Crippen molar-refractivity contribution >= 4 is 5.78 Å². The van der Waals surface area contributed by atoms with Crippen LogP contribution in [0.15, 0.2) is 30.6 Å². The van der Waals surface area contributed by atoms with Crippen LogP contribution in [0.5, 0.6) is 0 Å². The summed E-state index contributed by atoms with van der Waals surface area (Å²) in [7, 11) is 0. The summed E-state index contributed by atoms with van der Waals surface area (Å²) in [6, 6.07) is 6.05. The van der Waals surface area contributed by atoms with Crippen LogP contribution in [-0.4, -0.2) is 15.6 Å². The molecule has 0 spiro atoms. The normalized spacial score (nSPS) is 18.1. The van der Waals surface area contributed by atoms with E-state index in [0.717, 1.165) is 30.0 Å². The molecule has 0 aliphatic heterocycles. The molecule has 0 saturated heterocycles. The summed E-state index contributed by atoms with van der Waals surface area (Å²) < 4.78 is 2.06. The summed E-state index contributed by atoms with van der Waals surface area (Å²) in [6.45, 7) is 1.04. The zero-order valence-electron chi connectivity index (χ0n) is 11.5. The Morgan fingerprint density at radius 1 is 1.20 bits per heavy atom. The largest absolute Gasteiger partial charge is 0.294 e. The number of hydrogen-bond acceptors (Lipinski definition) is 2. The molecule has 0 bridgehead atoms. The van der Waals surface area contributed by atoms with E-state index < -0.39 is 0 Å². The first kappa shape index (κ1) is 11.9. The van der Waals surface area contributed by atoms with Gasteiger partial charge in [-0.1, -0.05) is 24.6 Å². The molecule has 20 heavy (non-hydrogen) atoms. The number of benzene rings is 1. The summed E-state index contributed by atoms with van der Waals surface area (Å²) in [5, 5.41) is 4.49. The zero-order valence-corrected chi connectivity index (χ0v) is 11.5. The van der Waals surface area contributed by atoms with Gasteiger partial charge in [0, 0.05) is 30.3 Å². The van der Waals surface area contributed by atoms with E-state index in [-0.39, 0.29) is 5.78 Å². The number of aromatic nitrogens is 2. The fraction of sp³-hybridized carbons (Fsp3) is 0.412. The average Bonchev–Trinajstić information content (AvgIpc) is 3.02. The van der Waals surface area contributed by atoms with Crippen LogP contribution in [0, 0.1) is 5.92 Å². The van der Waals surface area contributed by atoms with Crippen LogP contribution in [-0.2, 0) is 13.0 Å². The van der Waals surface area contributed by atoms with Gasteiger partial charge >= 0.3 is 0 Å². The van der Waals surface area contributed by atoms with E-state index in [9.17, 15) is 4.79 Å². The quantitative estimate of drug-likeness (QED) is 0.852. The Labute approximate surface area is 118 Å². The molecule has 4 rings (SSSR count). The highest BCUT2D eigenvalue weighted by atomic mass is 16.1. The molecule has 1 fully saturated rings. The van der Waals surface area contributed by atoms with Crippen LogP contribution in [0.3, 0.4) is 0 Å². The van der Waals surface area contributed by atoms with E-state index in [1.165, 1.54) is 30.4 Å². The van der Waals surface area contributed by atoms with Crippen molar-refractivity contribution in [3.8, 4) is 11.1 Å². The Morgan fingerprint density at radius 2 is 2.05 bits per heavy atom. The van der Waals surface area contributed by atoms with Crippen molar-refractivity contribution < 1.29 is 4.79 Å². The van der Waals surface area contributed by atoms with Gasteiger partial charge in [0.1, 0.15) is 0 Å². The molecule has 3 heteroatoms. The second kappa shape index (κ2) is 4.58. The molecule has 0 N–H and O–H groups in total. The van der Waals surface area contributed by atoms with Gasteiger partial charge in [-0.25, -0.2) is 0 Å². The lowest BCUT2D eigenvalue weighted by molar-refractivity contribution is 0.0994. The molecule has 1 heterocycles. The third-order valence-electron chi connectivity index (χ3n) is 4.69. The maximum absolute atomic E-state index is 11.8. The lowest BCUT2D eigenvalue weighted by Gasteiger charge is -2.24. The molecule has 1 aromatic heterocycles. The topological polar surface area (TPSA) is 34.9 Å². The minimum atomic E-state index is 0.281. The van der Waals surface area contributed by atoms with Gasteiger partial charge in [0.05, 0.1) is 6.20 Å². The molecule has 0 radical (unpaired) electrons. The number of carbonyl (C=O) groups excluding carboxylic acids is 1. The zero-order chi connectivity index (χ0) is 13.5. The third kappa shape index (κ3) is 1.89. The smallest absolute Gasteiger partial charge is 0.163 e. The van der Waals surface area contributed by atoms with Crippen LogP contribution >= 0.6 is 0 Å². The van der Waals surface area contributed by atoms with Crippen molar-refractivity contribution in [1.82, 2.24) is 9.78 Å². The fourth-order valence-electron chi connectivity index (χ4n) is 3.30. The average molecular weight is 266 g/mol. The third-order valence-corrected chi connectivity index (χ3v) is 4.69. The van der Waals surface area contributed by atoms with Crippen LogP contribution in [0.1, 0.15) is 41.6 Å². The van der Waals surface area contributed by atoms with Crippen LogP contribution in [0.2, 0.25) is 0 Å². The van der Waals surface area contributed by atoms with E-state index in [1.807, 2.05) is 18.3 Å². The lowest BCUT2D eigenvalue weighted by Crippen LogP contribution is -2.18. The van der Waals surface area contributed by atoms with Gasteiger partial charge in [-0.05, 0) is 36.3 Å². The lowest BCUT2D eigenvalue weighted by atomic mass is 9.85. The predicted octanol–water partition coefficient (Wildman–Crippen LogP) is 3.48. The van der Waals surface area contributed by atoms with Gasteiger partial charge in [-0.15, -0.1) is 0 Å². The first-order chi connectivity index (χ1) is 9.81. The molecule has 102 valence electrons. The fourth-order valence-corrected chi connectivity index (χ4v) is 3.30. The van der Waals surface area contributed by atoms with Crippen LogP contribution < -0.4 is 0 Å². The number of Topliss-reactive ketones (excluding diaryl/α,β-unsaturated/α-hetero) is 1. The number of carbonyl (C=O) groups is 1. The Bertz CT molecular complexity index is 667. The van der Waals surface area contributed by atoms with Crippen LogP contribution in [0.4, 0.5) is 0 Å². The maximum Gasteiger partial charge on any atom is 0.163 e. The molecule has 2 aliphatic rings. The molecular formula is C17H18N2O. The molecule has 0 amide bonds. The van der Waals surface area contributed by atoms with Gasteiger partial charge < -0.3 is 0 Å². The van der Waals surface area contributed by atoms with Crippen molar-refractivity contribution in [1.29, 1.82) is 0 Å². The highest BCUT2D eigenvalue weighted by molar-refractivity contribution is 6.02. The maximum atomic E-state index is 11.8. The second-order valence-electron chi connectivity index (χ2n) is 6.00. The van der Waals surface area contributed by atoms with Gasteiger partial charge in [0.15, 0.2) is 5.78 Å². The number of hydrogen-bond donors (Lipinski definition) is 0. The Hall–Kier alpha value is -1.90. The first-order valence-electron chi connectivity index (χ1n) is 7.49. The van der Waals surface area contributed by atoms with Gasteiger partial charge in [-0.3, -0.25) is 9.48 Å². The molecule has 0 atom stereocenters. The van der Waals surface area contributed by atoms with Crippen molar-refractivity contribution in [2.24, 2.45) is 5.92 Å². The molecule has 2 aliphatic carbocycles. The highest BCUT2D eigenvalue weighted by Gasteiger charge is 2.23. The van der Waals surface area contributed by atoms with Crippen molar-refractivity contribution in [2.75, 3.05) is 0 Å².